The lowest BCUT2D eigenvalue weighted by atomic mass is 10.1. The highest BCUT2D eigenvalue weighted by Crippen LogP contribution is 2.48. The molecule has 1 aliphatic heterocycles. The minimum absolute atomic E-state index is 0.0796. The number of carbonyl (C=O) groups is 2. The molecule has 2 aromatic carbocycles. The summed E-state index contributed by atoms with van der Waals surface area (Å²) in [5.74, 6) is 1.01. The van der Waals surface area contributed by atoms with Crippen LogP contribution in [0, 0.1) is 0 Å². The standard InChI is InChI=1S/C27H26Cl2N8O4/c1-15(38)32-18-7-5-6-8-19(18)33-26-30-11-17-14-36(24-22(28)20(40-3)9-21(41-4)23(24)29)27(39)37(25(17)34-26)13-16-10-31-35(2)12-16/h5-12H,13-14H2,1-4H3,(H,32,38)(H,30,33,34). The highest BCUT2D eigenvalue weighted by atomic mass is 35.5. The number of nitrogens with zero attached hydrogens (tertiary/aromatic N) is 6. The van der Waals surface area contributed by atoms with Crippen molar-refractivity contribution < 1.29 is 19.1 Å². The number of para-hydroxylation sites is 2. The molecular weight excluding hydrogens is 571 g/mol. The lowest BCUT2D eigenvalue weighted by molar-refractivity contribution is -0.114. The van der Waals surface area contributed by atoms with Crippen LogP contribution in [0.4, 0.5) is 33.6 Å². The number of aryl methyl sites for hydroxylation is 1. The van der Waals surface area contributed by atoms with Crippen LogP contribution in [-0.2, 0) is 24.9 Å². The SMILES string of the molecule is COc1cc(OC)c(Cl)c(N2Cc3cnc(Nc4ccccc4NC(C)=O)nc3N(Cc3cnn(C)c3)C2=O)c1Cl. The normalized spacial score (nSPS) is 12.7. The molecular formula is C27H26Cl2N8O4. The highest BCUT2D eigenvalue weighted by molar-refractivity contribution is 6.42. The molecule has 0 radical (unpaired) electrons. The molecule has 12 nitrogen and oxygen atoms in total. The second-order valence-electron chi connectivity index (χ2n) is 9.13. The van der Waals surface area contributed by atoms with Gasteiger partial charge in [0.15, 0.2) is 0 Å². The summed E-state index contributed by atoms with van der Waals surface area (Å²) in [5, 5.41) is 10.5. The van der Waals surface area contributed by atoms with Crippen LogP contribution in [0.5, 0.6) is 11.5 Å². The predicted molar refractivity (Wildman–Crippen MR) is 157 cm³/mol. The Hall–Kier alpha value is -4.55. The molecule has 3 amide bonds. The van der Waals surface area contributed by atoms with Crippen LogP contribution < -0.4 is 29.9 Å². The summed E-state index contributed by atoms with van der Waals surface area (Å²) in [6.07, 6.45) is 5.11. The third kappa shape index (κ3) is 5.56. The van der Waals surface area contributed by atoms with Gasteiger partial charge in [-0.25, -0.2) is 9.78 Å². The summed E-state index contributed by atoms with van der Waals surface area (Å²) in [4.78, 5) is 38.0. The molecule has 1 aliphatic rings. The summed E-state index contributed by atoms with van der Waals surface area (Å²) < 4.78 is 12.5. The molecule has 0 atom stereocenters. The Morgan fingerprint density at radius 1 is 1.07 bits per heavy atom. The van der Waals surface area contributed by atoms with Gasteiger partial charge in [-0.1, -0.05) is 35.3 Å². The molecule has 0 bridgehead atoms. The summed E-state index contributed by atoms with van der Waals surface area (Å²) in [7, 11) is 4.72. The van der Waals surface area contributed by atoms with Gasteiger partial charge in [-0.05, 0) is 12.1 Å². The minimum Gasteiger partial charge on any atom is -0.495 e. The monoisotopic (exact) mass is 596 g/mol. The molecule has 0 saturated carbocycles. The van der Waals surface area contributed by atoms with Gasteiger partial charge in [-0.15, -0.1) is 0 Å². The van der Waals surface area contributed by atoms with Gasteiger partial charge >= 0.3 is 6.03 Å². The first-order valence-corrected chi connectivity index (χ1v) is 13.1. The molecule has 14 heteroatoms. The number of methoxy groups -OCH3 is 2. The Bertz CT molecular complexity index is 1620. The largest absolute Gasteiger partial charge is 0.495 e. The van der Waals surface area contributed by atoms with E-state index in [1.807, 2.05) is 12.3 Å². The van der Waals surface area contributed by atoms with Crippen LogP contribution in [-0.4, -0.2) is 45.9 Å². The molecule has 0 unspecified atom stereocenters. The van der Waals surface area contributed by atoms with Gasteiger partial charge in [-0.2, -0.15) is 10.1 Å². The van der Waals surface area contributed by atoms with E-state index in [0.29, 0.717) is 34.3 Å². The number of nitrogens with one attached hydrogen (secondary N) is 2. The van der Waals surface area contributed by atoms with E-state index >= 15 is 0 Å². The molecule has 0 saturated heterocycles. The van der Waals surface area contributed by atoms with Crippen molar-refractivity contribution in [1.29, 1.82) is 0 Å². The molecule has 0 spiro atoms. The first-order valence-electron chi connectivity index (χ1n) is 12.4. The number of urea groups is 1. The zero-order chi connectivity index (χ0) is 29.3. The fourth-order valence-corrected chi connectivity index (χ4v) is 5.16. The van der Waals surface area contributed by atoms with Gasteiger partial charge < -0.3 is 20.1 Å². The van der Waals surface area contributed by atoms with E-state index in [1.165, 1.54) is 30.9 Å². The lowest BCUT2D eigenvalue weighted by Crippen LogP contribution is -2.47. The number of anilines is 5. The molecule has 4 aromatic rings. The van der Waals surface area contributed by atoms with Crippen molar-refractivity contribution in [3.8, 4) is 11.5 Å². The van der Waals surface area contributed by atoms with Crippen molar-refractivity contribution in [2.45, 2.75) is 20.0 Å². The topological polar surface area (TPSA) is 127 Å². The van der Waals surface area contributed by atoms with Gasteiger partial charge in [0, 0.05) is 43.6 Å². The summed E-state index contributed by atoms with van der Waals surface area (Å²) in [6.45, 7) is 1.66. The third-order valence-electron chi connectivity index (χ3n) is 6.29. The molecule has 3 heterocycles. The van der Waals surface area contributed by atoms with Crippen molar-refractivity contribution in [2.75, 3.05) is 34.7 Å². The Kier molecular flexibility index (Phi) is 7.86. The fourth-order valence-electron chi connectivity index (χ4n) is 4.45. The van der Waals surface area contributed by atoms with E-state index in [9.17, 15) is 9.59 Å². The number of rotatable bonds is 8. The maximum Gasteiger partial charge on any atom is 0.330 e. The zero-order valence-corrected chi connectivity index (χ0v) is 24.1. The summed E-state index contributed by atoms with van der Waals surface area (Å²) in [6, 6.07) is 8.30. The molecule has 0 fully saturated rings. The maximum atomic E-state index is 14.1. The van der Waals surface area contributed by atoms with Crippen molar-refractivity contribution in [2.24, 2.45) is 7.05 Å². The van der Waals surface area contributed by atoms with Gasteiger partial charge in [0.25, 0.3) is 0 Å². The van der Waals surface area contributed by atoms with E-state index in [-0.39, 0.29) is 40.7 Å². The van der Waals surface area contributed by atoms with Crippen LogP contribution in [0.25, 0.3) is 0 Å². The second-order valence-corrected chi connectivity index (χ2v) is 9.88. The predicted octanol–water partition coefficient (Wildman–Crippen LogP) is 5.38. The Morgan fingerprint density at radius 2 is 1.76 bits per heavy atom. The van der Waals surface area contributed by atoms with Gasteiger partial charge in [0.2, 0.25) is 11.9 Å². The summed E-state index contributed by atoms with van der Waals surface area (Å²) >= 11 is 13.4. The number of hydrogen-bond donors (Lipinski definition) is 2. The smallest absolute Gasteiger partial charge is 0.330 e. The average molecular weight is 597 g/mol. The molecule has 5 rings (SSSR count). The maximum absolute atomic E-state index is 14.1. The van der Waals surface area contributed by atoms with Gasteiger partial charge in [-0.3, -0.25) is 19.3 Å². The fraction of sp³-hybridized carbons (Fsp3) is 0.222. The minimum atomic E-state index is -0.427. The number of halogens is 2. The zero-order valence-electron chi connectivity index (χ0n) is 22.6. The number of ether oxygens (including phenoxy) is 2. The molecule has 0 aliphatic carbocycles. The number of carbonyl (C=O) groups excluding carboxylic acids is 2. The molecule has 212 valence electrons. The Morgan fingerprint density at radius 3 is 2.37 bits per heavy atom. The van der Waals surface area contributed by atoms with Crippen LogP contribution in [0.2, 0.25) is 10.0 Å². The van der Waals surface area contributed by atoms with E-state index in [2.05, 4.69) is 20.7 Å². The van der Waals surface area contributed by atoms with E-state index < -0.39 is 6.03 Å². The first kappa shape index (κ1) is 28.0. The van der Waals surface area contributed by atoms with E-state index in [4.69, 9.17) is 37.7 Å². The molecule has 2 N–H and O–H groups in total. The Labute approximate surface area is 245 Å². The van der Waals surface area contributed by atoms with Crippen molar-refractivity contribution in [1.82, 2.24) is 19.7 Å². The third-order valence-corrected chi connectivity index (χ3v) is 7.02. The Balaban J connectivity index is 1.59. The van der Waals surface area contributed by atoms with Crippen LogP contribution in [0.15, 0.2) is 48.9 Å². The molecule has 2 aromatic heterocycles. The van der Waals surface area contributed by atoms with Crippen molar-refractivity contribution >= 4 is 64.0 Å². The van der Waals surface area contributed by atoms with Crippen LogP contribution >= 0.6 is 23.2 Å². The average Bonchev–Trinajstić information content (AvgIpc) is 3.36. The lowest BCUT2D eigenvalue weighted by Gasteiger charge is -2.37. The second kappa shape index (κ2) is 11.5. The number of hydrogen-bond acceptors (Lipinski definition) is 8. The van der Waals surface area contributed by atoms with Crippen LogP contribution in [0.1, 0.15) is 18.1 Å². The number of fused-ring (bicyclic) bond motifs is 1. The van der Waals surface area contributed by atoms with E-state index in [1.54, 1.807) is 48.4 Å². The summed E-state index contributed by atoms with van der Waals surface area (Å²) in [5.41, 5.74) is 2.81. The highest BCUT2D eigenvalue weighted by Gasteiger charge is 2.37. The molecule has 41 heavy (non-hydrogen) atoms. The van der Waals surface area contributed by atoms with E-state index in [0.717, 1.165) is 5.56 Å². The van der Waals surface area contributed by atoms with Crippen LogP contribution in [0.3, 0.4) is 0 Å². The van der Waals surface area contributed by atoms with Crippen molar-refractivity contribution in [3.05, 3.63) is 70.1 Å². The quantitative estimate of drug-likeness (QED) is 0.277. The number of amides is 3. The number of aromatic nitrogens is 4. The van der Waals surface area contributed by atoms with Gasteiger partial charge in [0.05, 0.1) is 50.6 Å². The van der Waals surface area contributed by atoms with Gasteiger partial charge in [0.1, 0.15) is 27.4 Å². The first-order chi connectivity index (χ1) is 19.7. The number of benzene rings is 2. The van der Waals surface area contributed by atoms with Crippen molar-refractivity contribution in [3.63, 3.8) is 0 Å².